The van der Waals surface area contributed by atoms with Crippen LogP contribution in [0.5, 0.6) is 0 Å². The molecule has 0 heterocycles. The van der Waals surface area contributed by atoms with Crippen molar-refractivity contribution in [1.29, 1.82) is 0 Å². The van der Waals surface area contributed by atoms with Gasteiger partial charge in [-0.05, 0) is 25.7 Å². The molecule has 0 unspecified atom stereocenters. The Labute approximate surface area is 135 Å². The van der Waals surface area contributed by atoms with Crippen LogP contribution in [-0.2, 0) is 0 Å². The van der Waals surface area contributed by atoms with Gasteiger partial charge in [0.25, 0.3) is 0 Å². The van der Waals surface area contributed by atoms with Gasteiger partial charge in [-0.3, -0.25) is 0 Å². The van der Waals surface area contributed by atoms with Crippen LogP contribution in [0.3, 0.4) is 0 Å². The van der Waals surface area contributed by atoms with Crippen LogP contribution in [-0.4, -0.2) is 0 Å². The van der Waals surface area contributed by atoms with Crippen molar-refractivity contribution in [3.8, 4) is 0 Å². The van der Waals surface area contributed by atoms with Gasteiger partial charge in [-0.1, -0.05) is 109 Å². The van der Waals surface area contributed by atoms with E-state index in [0.717, 1.165) is 6.42 Å². The number of allylic oxidation sites excluding steroid dienone is 2. The van der Waals surface area contributed by atoms with Crippen LogP contribution >= 0.6 is 0 Å². The molecule has 0 atom stereocenters. The van der Waals surface area contributed by atoms with Crippen LogP contribution in [0.2, 0.25) is 0 Å². The summed E-state index contributed by atoms with van der Waals surface area (Å²) < 4.78 is 0. The lowest BCUT2D eigenvalue weighted by molar-refractivity contribution is 0.570. The van der Waals surface area contributed by atoms with E-state index in [4.69, 9.17) is 0 Å². The topological polar surface area (TPSA) is 0 Å². The minimum atomic E-state index is 1.12. The molecule has 0 aromatic heterocycles. The second-order valence-electron chi connectivity index (χ2n) is 6.50. The Morgan fingerprint density at radius 3 is 1.33 bits per heavy atom. The molecule has 0 amide bonds. The third kappa shape index (κ3) is 19.7. The van der Waals surface area contributed by atoms with Gasteiger partial charge >= 0.3 is 0 Å². The molecular weight excluding hydrogens is 252 g/mol. The van der Waals surface area contributed by atoms with Crippen LogP contribution in [0.1, 0.15) is 116 Å². The first-order valence-electron chi connectivity index (χ1n) is 9.86. The molecule has 0 bridgehead atoms. The van der Waals surface area contributed by atoms with Gasteiger partial charge in [-0.25, -0.2) is 0 Å². The zero-order chi connectivity index (χ0) is 15.4. The fourth-order valence-electron chi connectivity index (χ4n) is 2.78. The quantitative estimate of drug-likeness (QED) is 0.188. The highest BCUT2D eigenvalue weighted by atomic mass is 14.0. The molecule has 0 aromatic rings. The lowest BCUT2D eigenvalue weighted by atomic mass is 10.1. The van der Waals surface area contributed by atoms with Crippen LogP contribution in [0.15, 0.2) is 12.2 Å². The second-order valence-corrected chi connectivity index (χ2v) is 6.50. The van der Waals surface area contributed by atoms with Gasteiger partial charge in [0.1, 0.15) is 0 Å². The summed E-state index contributed by atoms with van der Waals surface area (Å²) in [7, 11) is 0. The number of hydrogen-bond acceptors (Lipinski definition) is 0. The summed E-state index contributed by atoms with van der Waals surface area (Å²) in [6, 6.07) is 0. The molecule has 1 radical (unpaired) electrons. The largest absolute Gasteiger partial charge is 0.0885 e. The lowest BCUT2D eigenvalue weighted by Crippen LogP contribution is -1.81. The SMILES string of the molecule is [CH2]CCCCCCCCCC/C=C/CCCCCCCC. The number of rotatable bonds is 17. The fraction of sp³-hybridized carbons (Fsp3) is 0.857. The molecule has 0 spiro atoms. The van der Waals surface area contributed by atoms with Crippen molar-refractivity contribution in [2.75, 3.05) is 0 Å². The normalized spacial score (nSPS) is 11.5. The summed E-state index contributed by atoms with van der Waals surface area (Å²) in [6.45, 7) is 6.17. The predicted octanol–water partition coefficient (Wildman–Crippen LogP) is 8.03. The highest BCUT2D eigenvalue weighted by Crippen LogP contribution is 2.11. The van der Waals surface area contributed by atoms with E-state index in [1.54, 1.807) is 0 Å². The lowest BCUT2D eigenvalue weighted by Gasteiger charge is -2.00. The van der Waals surface area contributed by atoms with Crippen molar-refractivity contribution in [3.05, 3.63) is 19.1 Å². The van der Waals surface area contributed by atoms with Gasteiger partial charge in [0, 0.05) is 0 Å². The Bertz CT molecular complexity index is 192. The first kappa shape index (κ1) is 20.7. The van der Waals surface area contributed by atoms with Crippen molar-refractivity contribution >= 4 is 0 Å². The van der Waals surface area contributed by atoms with E-state index in [2.05, 4.69) is 26.0 Å². The third-order valence-corrected chi connectivity index (χ3v) is 4.26. The maximum atomic E-state index is 3.89. The minimum Gasteiger partial charge on any atom is -0.0885 e. The molecule has 0 aliphatic heterocycles. The standard InChI is InChI=1S/C21H41/c1-3-5-7-9-11-13-15-17-19-21-20-18-16-14-12-10-8-6-4-2/h18,20H,1,3-17,19,21H2,2H3/b20-18+. The molecule has 0 heteroatoms. The van der Waals surface area contributed by atoms with E-state index in [9.17, 15) is 0 Å². The van der Waals surface area contributed by atoms with E-state index >= 15 is 0 Å². The summed E-state index contributed by atoms with van der Waals surface area (Å²) in [6.07, 6.45) is 28.3. The Balaban J connectivity index is 3.02. The van der Waals surface area contributed by atoms with E-state index in [0.29, 0.717) is 0 Å². The number of hydrogen-bond donors (Lipinski definition) is 0. The maximum Gasteiger partial charge on any atom is -0.0351 e. The molecule has 125 valence electrons. The third-order valence-electron chi connectivity index (χ3n) is 4.26. The molecule has 21 heavy (non-hydrogen) atoms. The van der Waals surface area contributed by atoms with E-state index < -0.39 is 0 Å². The van der Waals surface area contributed by atoms with Crippen LogP contribution in [0.4, 0.5) is 0 Å². The summed E-state index contributed by atoms with van der Waals surface area (Å²) >= 11 is 0. The fourth-order valence-corrected chi connectivity index (χ4v) is 2.78. The van der Waals surface area contributed by atoms with Gasteiger partial charge in [0.2, 0.25) is 0 Å². The molecule has 0 aromatic carbocycles. The summed E-state index contributed by atoms with van der Waals surface area (Å²) in [5, 5.41) is 0. The highest BCUT2D eigenvalue weighted by Gasteiger charge is 1.91. The molecule has 0 saturated heterocycles. The molecule has 0 rings (SSSR count). The first-order chi connectivity index (χ1) is 10.4. The monoisotopic (exact) mass is 293 g/mol. The smallest absolute Gasteiger partial charge is 0.0351 e. The predicted molar refractivity (Wildman–Crippen MR) is 98.7 cm³/mol. The Morgan fingerprint density at radius 2 is 0.905 bits per heavy atom. The van der Waals surface area contributed by atoms with Crippen LogP contribution in [0, 0.1) is 6.92 Å². The zero-order valence-corrected chi connectivity index (χ0v) is 14.9. The number of unbranched alkanes of at least 4 members (excludes halogenated alkanes) is 15. The van der Waals surface area contributed by atoms with Crippen molar-refractivity contribution in [2.45, 2.75) is 116 Å². The van der Waals surface area contributed by atoms with Crippen molar-refractivity contribution < 1.29 is 0 Å². The summed E-state index contributed by atoms with van der Waals surface area (Å²) in [5.74, 6) is 0. The van der Waals surface area contributed by atoms with Crippen LogP contribution < -0.4 is 0 Å². The molecule has 0 nitrogen and oxygen atoms in total. The highest BCUT2D eigenvalue weighted by molar-refractivity contribution is 4.81. The first-order valence-corrected chi connectivity index (χ1v) is 9.86. The van der Waals surface area contributed by atoms with Gasteiger partial charge in [-0.15, -0.1) is 0 Å². The molecular formula is C21H41. The Kier molecular flexibility index (Phi) is 19.5. The average Bonchev–Trinajstić information content (AvgIpc) is 2.50. The van der Waals surface area contributed by atoms with Crippen molar-refractivity contribution in [1.82, 2.24) is 0 Å². The zero-order valence-electron chi connectivity index (χ0n) is 14.9. The van der Waals surface area contributed by atoms with Gasteiger partial charge in [-0.2, -0.15) is 0 Å². The van der Waals surface area contributed by atoms with E-state index in [1.807, 2.05) is 0 Å². The minimum absolute atomic E-state index is 1.12. The summed E-state index contributed by atoms with van der Waals surface area (Å²) in [5.41, 5.74) is 0. The molecule has 0 fully saturated rings. The van der Waals surface area contributed by atoms with Crippen molar-refractivity contribution in [3.63, 3.8) is 0 Å². The molecule has 0 aliphatic carbocycles. The van der Waals surface area contributed by atoms with E-state index in [1.165, 1.54) is 103 Å². The second kappa shape index (κ2) is 19.7. The maximum absolute atomic E-state index is 3.89. The van der Waals surface area contributed by atoms with Gasteiger partial charge in [0.05, 0.1) is 0 Å². The molecule has 0 saturated carbocycles. The van der Waals surface area contributed by atoms with Crippen LogP contribution in [0.25, 0.3) is 0 Å². The van der Waals surface area contributed by atoms with Crippen molar-refractivity contribution in [2.24, 2.45) is 0 Å². The summed E-state index contributed by atoms with van der Waals surface area (Å²) in [4.78, 5) is 0. The Hall–Kier alpha value is -0.260. The Morgan fingerprint density at radius 1 is 0.524 bits per heavy atom. The molecule has 0 aliphatic rings. The van der Waals surface area contributed by atoms with E-state index in [-0.39, 0.29) is 0 Å². The van der Waals surface area contributed by atoms with Gasteiger partial charge < -0.3 is 0 Å². The van der Waals surface area contributed by atoms with Gasteiger partial charge in [0.15, 0.2) is 0 Å². The molecule has 0 N–H and O–H groups in total. The average molecular weight is 294 g/mol.